The maximum Gasteiger partial charge on any atom is 0.225 e. The van der Waals surface area contributed by atoms with Crippen LogP contribution in [0, 0.1) is 6.92 Å². The summed E-state index contributed by atoms with van der Waals surface area (Å²) in [5.41, 5.74) is 12.1. The molecule has 0 aliphatic carbocycles. The number of rotatable bonds is 3. The van der Waals surface area contributed by atoms with Gasteiger partial charge < -0.3 is 11.5 Å². The van der Waals surface area contributed by atoms with Crippen LogP contribution in [-0.4, -0.2) is 19.9 Å². The number of aromatic nitrogens is 4. The van der Waals surface area contributed by atoms with E-state index in [1.165, 1.54) is 11.8 Å². The number of anilines is 2. The molecule has 0 aromatic carbocycles. The van der Waals surface area contributed by atoms with Gasteiger partial charge in [0.2, 0.25) is 11.9 Å². The summed E-state index contributed by atoms with van der Waals surface area (Å²) in [5, 5.41) is 0.910. The summed E-state index contributed by atoms with van der Waals surface area (Å²) in [6, 6.07) is 3.96. The molecule has 0 atom stereocenters. The highest BCUT2D eigenvalue weighted by atomic mass is 32.2. The number of hydrogen-bond acceptors (Lipinski definition) is 7. The molecule has 0 bridgehead atoms. The van der Waals surface area contributed by atoms with Gasteiger partial charge in [0, 0.05) is 6.20 Å². The van der Waals surface area contributed by atoms with Gasteiger partial charge in [-0.15, -0.1) is 0 Å². The zero-order valence-electron chi connectivity index (χ0n) is 9.29. The summed E-state index contributed by atoms with van der Waals surface area (Å²) in [4.78, 5) is 16.0. The van der Waals surface area contributed by atoms with Crippen LogP contribution in [-0.2, 0) is 5.75 Å². The predicted octanol–water partition coefficient (Wildman–Crippen LogP) is 1.03. The van der Waals surface area contributed by atoms with Crippen molar-refractivity contribution in [2.75, 3.05) is 11.5 Å². The molecule has 4 N–H and O–H groups in total. The quantitative estimate of drug-likeness (QED) is 0.782. The standard InChI is InChI=1S/C10H12N6S/c1-6-2-3-8(13-4-6)17-5-7-14-9(11)16-10(12)15-7/h2-4H,5H2,1H3,(H4,11,12,14,15,16). The Labute approximate surface area is 103 Å². The second-order valence-electron chi connectivity index (χ2n) is 3.43. The van der Waals surface area contributed by atoms with Gasteiger partial charge in [0.1, 0.15) is 5.82 Å². The Bertz CT molecular complexity index is 492. The minimum Gasteiger partial charge on any atom is -0.368 e. The second kappa shape index (κ2) is 4.96. The van der Waals surface area contributed by atoms with Crippen LogP contribution in [0.1, 0.15) is 11.4 Å². The summed E-state index contributed by atoms with van der Waals surface area (Å²) in [5.74, 6) is 1.41. The zero-order valence-corrected chi connectivity index (χ0v) is 10.1. The van der Waals surface area contributed by atoms with Crippen LogP contribution in [0.5, 0.6) is 0 Å². The van der Waals surface area contributed by atoms with Crippen LogP contribution in [0.4, 0.5) is 11.9 Å². The highest BCUT2D eigenvalue weighted by Crippen LogP contribution is 2.19. The third kappa shape index (κ3) is 3.28. The second-order valence-corrected chi connectivity index (χ2v) is 4.43. The molecule has 0 saturated heterocycles. The van der Waals surface area contributed by atoms with Crippen molar-refractivity contribution in [3.8, 4) is 0 Å². The molecule has 2 rings (SSSR count). The molecule has 0 aliphatic heterocycles. The predicted molar refractivity (Wildman–Crippen MR) is 67.2 cm³/mol. The number of nitrogens with zero attached hydrogens (tertiary/aromatic N) is 4. The number of thioether (sulfide) groups is 1. The van der Waals surface area contributed by atoms with E-state index in [-0.39, 0.29) is 11.9 Å². The molecule has 17 heavy (non-hydrogen) atoms. The lowest BCUT2D eigenvalue weighted by Gasteiger charge is -2.02. The van der Waals surface area contributed by atoms with E-state index < -0.39 is 0 Å². The molecule has 0 amide bonds. The largest absolute Gasteiger partial charge is 0.368 e. The van der Waals surface area contributed by atoms with Crippen molar-refractivity contribution in [2.24, 2.45) is 0 Å². The number of nitrogen functional groups attached to an aromatic ring is 2. The fourth-order valence-corrected chi connectivity index (χ4v) is 1.90. The minimum atomic E-state index is 0.143. The first-order valence-corrected chi connectivity index (χ1v) is 5.93. The summed E-state index contributed by atoms with van der Waals surface area (Å²) in [6.45, 7) is 1.99. The molecule has 2 aromatic rings. The van der Waals surface area contributed by atoms with E-state index in [9.17, 15) is 0 Å². The molecule has 0 radical (unpaired) electrons. The molecule has 0 saturated carbocycles. The van der Waals surface area contributed by atoms with Gasteiger partial charge in [-0.3, -0.25) is 0 Å². The zero-order chi connectivity index (χ0) is 12.3. The molecular formula is C10H12N6S. The van der Waals surface area contributed by atoms with Gasteiger partial charge in [0.05, 0.1) is 10.8 Å². The Morgan fingerprint density at radius 2 is 1.82 bits per heavy atom. The van der Waals surface area contributed by atoms with Gasteiger partial charge in [0.15, 0.2) is 0 Å². The average Bonchev–Trinajstić information content (AvgIpc) is 2.27. The van der Waals surface area contributed by atoms with Crippen LogP contribution in [0.25, 0.3) is 0 Å². The third-order valence-corrected chi connectivity index (χ3v) is 2.89. The first-order chi connectivity index (χ1) is 8.13. The molecular weight excluding hydrogens is 236 g/mol. The highest BCUT2D eigenvalue weighted by molar-refractivity contribution is 7.98. The van der Waals surface area contributed by atoms with Crippen molar-refractivity contribution < 1.29 is 0 Å². The number of hydrogen-bond donors (Lipinski definition) is 2. The topological polar surface area (TPSA) is 104 Å². The van der Waals surface area contributed by atoms with Crippen molar-refractivity contribution in [3.63, 3.8) is 0 Å². The smallest absolute Gasteiger partial charge is 0.225 e. The monoisotopic (exact) mass is 248 g/mol. The van der Waals surface area contributed by atoms with Crippen LogP contribution in [0.3, 0.4) is 0 Å². The molecule has 7 heteroatoms. The van der Waals surface area contributed by atoms with E-state index in [1.54, 1.807) is 0 Å². The Balaban J connectivity index is 2.04. The van der Waals surface area contributed by atoms with Crippen molar-refractivity contribution in [1.82, 2.24) is 19.9 Å². The number of pyridine rings is 1. The molecule has 0 spiro atoms. The molecule has 2 aromatic heterocycles. The summed E-state index contributed by atoms with van der Waals surface area (Å²) in [6.07, 6.45) is 1.82. The maximum atomic E-state index is 5.48. The molecule has 0 unspecified atom stereocenters. The van der Waals surface area contributed by atoms with Crippen molar-refractivity contribution in [3.05, 3.63) is 29.7 Å². The van der Waals surface area contributed by atoms with E-state index in [4.69, 9.17) is 11.5 Å². The van der Waals surface area contributed by atoms with Gasteiger partial charge in [-0.1, -0.05) is 17.8 Å². The summed E-state index contributed by atoms with van der Waals surface area (Å²) < 4.78 is 0. The molecule has 0 aliphatic rings. The minimum absolute atomic E-state index is 0.143. The number of nitrogens with two attached hydrogens (primary N) is 2. The van der Waals surface area contributed by atoms with Gasteiger partial charge in [-0.2, -0.15) is 15.0 Å². The van der Waals surface area contributed by atoms with Gasteiger partial charge in [-0.05, 0) is 18.6 Å². The normalized spacial score (nSPS) is 10.4. The van der Waals surface area contributed by atoms with Crippen LogP contribution < -0.4 is 11.5 Å². The maximum absolute atomic E-state index is 5.48. The van der Waals surface area contributed by atoms with Crippen LogP contribution in [0.15, 0.2) is 23.4 Å². The average molecular weight is 248 g/mol. The van der Waals surface area contributed by atoms with E-state index in [1.807, 2.05) is 25.3 Å². The Morgan fingerprint density at radius 3 is 2.41 bits per heavy atom. The molecule has 2 heterocycles. The first-order valence-electron chi connectivity index (χ1n) is 4.95. The molecule has 88 valence electrons. The number of aryl methyl sites for hydroxylation is 1. The Hall–Kier alpha value is -1.89. The van der Waals surface area contributed by atoms with Gasteiger partial charge in [-0.25, -0.2) is 4.98 Å². The summed E-state index contributed by atoms with van der Waals surface area (Å²) in [7, 11) is 0. The van der Waals surface area contributed by atoms with E-state index in [2.05, 4.69) is 19.9 Å². The van der Waals surface area contributed by atoms with Crippen molar-refractivity contribution in [1.29, 1.82) is 0 Å². The lowest BCUT2D eigenvalue weighted by atomic mass is 10.3. The molecule has 0 fully saturated rings. The first kappa shape index (κ1) is 11.6. The van der Waals surface area contributed by atoms with Crippen LogP contribution >= 0.6 is 11.8 Å². The fourth-order valence-electron chi connectivity index (χ4n) is 1.20. The Morgan fingerprint density at radius 1 is 1.12 bits per heavy atom. The highest BCUT2D eigenvalue weighted by Gasteiger charge is 2.03. The lowest BCUT2D eigenvalue weighted by molar-refractivity contribution is 0.984. The fraction of sp³-hybridized carbons (Fsp3) is 0.200. The van der Waals surface area contributed by atoms with Gasteiger partial charge in [0.25, 0.3) is 0 Å². The van der Waals surface area contributed by atoms with Crippen LogP contribution in [0.2, 0.25) is 0 Å². The lowest BCUT2D eigenvalue weighted by Crippen LogP contribution is -2.05. The van der Waals surface area contributed by atoms with E-state index >= 15 is 0 Å². The van der Waals surface area contributed by atoms with Gasteiger partial charge >= 0.3 is 0 Å². The van der Waals surface area contributed by atoms with E-state index in [0.29, 0.717) is 11.6 Å². The van der Waals surface area contributed by atoms with Crippen molar-refractivity contribution in [2.45, 2.75) is 17.7 Å². The Kier molecular flexibility index (Phi) is 3.38. The third-order valence-electron chi connectivity index (χ3n) is 1.95. The summed E-state index contributed by atoms with van der Waals surface area (Å²) >= 11 is 1.52. The van der Waals surface area contributed by atoms with Crippen molar-refractivity contribution >= 4 is 23.7 Å². The van der Waals surface area contributed by atoms with E-state index in [0.717, 1.165) is 10.6 Å². The molecule has 6 nitrogen and oxygen atoms in total. The SMILES string of the molecule is Cc1ccc(SCc2nc(N)nc(N)n2)nc1.